The van der Waals surface area contributed by atoms with Crippen LogP contribution in [0.3, 0.4) is 0 Å². The normalized spacial score (nSPS) is 11.4. The van der Waals surface area contributed by atoms with Crippen LogP contribution in [0.4, 0.5) is 0 Å². The molecule has 3 heterocycles. The maximum atomic E-state index is 5.09. The Morgan fingerprint density at radius 1 is 0.180 bits per heavy atom. The highest BCUT2D eigenvalue weighted by atomic mass is 15.1. The lowest BCUT2D eigenvalue weighted by Crippen LogP contribution is -2.10. The second kappa shape index (κ2) is 43.8. The third-order valence-corrected chi connectivity index (χ3v) is 23.0. The number of aryl methyl sites for hydroxylation is 9. The van der Waals surface area contributed by atoms with Crippen LogP contribution in [-0.2, 0) is 30.1 Å². The molecule has 0 aliphatic carbocycles. The molecule has 626 valence electrons. The number of rotatable bonds is 32. The monoisotopic (exact) mass is 1610 g/mol. The van der Waals surface area contributed by atoms with Crippen LogP contribution in [0.25, 0.3) is 125 Å². The largest absolute Gasteiger partial charge is 0.208 e. The lowest BCUT2D eigenvalue weighted by Gasteiger charge is -2.20. The van der Waals surface area contributed by atoms with Gasteiger partial charge in [-0.3, -0.25) is 0 Å². The molecule has 14 aromatic rings. The number of hydrogen-bond donors (Lipinski definition) is 0. The molecule has 0 atom stereocenters. The zero-order chi connectivity index (χ0) is 86.0. The third kappa shape index (κ3) is 26.2. The fourth-order valence-electron chi connectivity index (χ4n) is 15.4. The summed E-state index contributed by atoms with van der Waals surface area (Å²) in [6, 6.07) is 90.9. The van der Waals surface area contributed by atoms with Gasteiger partial charge in [-0.25, -0.2) is 44.9 Å². The molecule has 14 rings (SSSR count). The van der Waals surface area contributed by atoms with Gasteiger partial charge in [0.25, 0.3) is 0 Å². The predicted octanol–water partition coefficient (Wildman–Crippen LogP) is 31.1. The van der Waals surface area contributed by atoms with Crippen molar-refractivity contribution in [1.29, 1.82) is 0 Å². The maximum Gasteiger partial charge on any atom is 0.164 e. The topological polar surface area (TPSA) is 116 Å². The molecule has 0 radical (unpaired) electrons. The SMILES string of the molecule is CCCCCCCCCCCCc1ccc(-c2nc(-c3cccc(C)c3)nc(-c3cccc(C)c3)n2)cc1.CCCCCCc1cc(CCCCCC)cc(-c2nc(-c3ccc(C)cc3)nc(-c3ccc(C)cc3)n2)c1.Cc1ccc(-c2nc(-c3ccc(C)cc3)nc(-c3cc(-c4ccc(C(C)(C)C)cc4)cc(-c4ccc(C(C)(C)C)cc4)c3)n2)cc1. The van der Waals surface area contributed by atoms with E-state index in [0.29, 0.717) is 29.1 Å². The molecule has 9 heteroatoms. The van der Waals surface area contributed by atoms with Crippen molar-refractivity contribution in [2.24, 2.45) is 0 Å². The Kier molecular flexibility index (Phi) is 32.2. The second-order valence-electron chi connectivity index (χ2n) is 35.9. The van der Waals surface area contributed by atoms with Crippen LogP contribution >= 0.6 is 0 Å². The minimum absolute atomic E-state index is 0.0873. The first-order valence-corrected chi connectivity index (χ1v) is 45.3. The quantitative estimate of drug-likeness (QED) is 0.0380. The summed E-state index contributed by atoms with van der Waals surface area (Å²) in [4.78, 5) is 44.8. The van der Waals surface area contributed by atoms with E-state index in [4.69, 9.17) is 44.9 Å². The molecule has 122 heavy (non-hydrogen) atoms. The van der Waals surface area contributed by atoms with Crippen LogP contribution in [0.5, 0.6) is 0 Å². The van der Waals surface area contributed by atoms with E-state index in [2.05, 4.69) is 359 Å². The van der Waals surface area contributed by atoms with E-state index in [9.17, 15) is 0 Å². The van der Waals surface area contributed by atoms with Crippen molar-refractivity contribution in [2.45, 2.75) is 250 Å². The highest BCUT2D eigenvalue weighted by molar-refractivity contribution is 5.81. The van der Waals surface area contributed by atoms with Crippen LogP contribution in [0.15, 0.2) is 255 Å². The van der Waals surface area contributed by atoms with Crippen molar-refractivity contribution in [2.75, 3.05) is 0 Å². The molecule has 3 aromatic heterocycles. The molecule has 0 amide bonds. The average Bonchev–Trinajstić information content (AvgIpc) is 0.768. The van der Waals surface area contributed by atoms with Crippen LogP contribution < -0.4 is 0 Å². The first-order valence-electron chi connectivity index (χ1n) is 45.3. The van der Waals surface area contributed by atoms with Crippen LogP contribution in [0.2, 0.25) is 0 Å². The van der Waals surface area contributed by atoms with E-state index in [1.165, 1.54) is 177 Å². The Morgan fingerprint density at radius 2 is 0.418 bits per heavy atom. The summed E-state index contributed by atoms with van der Waals surface area (Å²) in [5.74, 6) is 6.34. The third-order valence-electron chi connectivity index (χ3n) is 23.0. The van der Waals surface area contributed by atoms with Gasteiger partial charge in [0.15, 0.2) is 52.4 Å². The summed E-state index contributed by atoms with van der Waals surface area (Å²) in [6.45, 7) is 32.9. The fraction of sp³-hybridized carbons (Fsp3) is 0.336. The van der Waals surface area contributed by atoms with Gasteiger partial charge in [0, 0.05) is 50.1 Å². The molecule has 0 aliphatic heterocycles. The first kappa shape index (κ1) is 89.7. The molecule has 0 saturated heterocycles. The minimum atomic E-state index is 0.0873. The fourth-order valence-corrected chi connectivity index (χ4v) is 15.4. The zero-order valence-electron chi connectivity index (χ0n) is 75.6. The summed E-state index contributed by atoms with van der Waals surface area (Å²) in [6.07, 6.45) is 27.2. The van der Waals surface area contributed by atoms with Crippen LogP contribution in [0.1, 0.15) is 239 Å². The van der Waals surface area contributed by atoms with Crippen LogP contribution in [0, 0.1) is 41.5 Å². The van der Waals surface area contributed by atoms with E-state index in [-0.39, 0.29) is 10.8 Å². The predicted molar refractivity (Wildman–Crippen MR) is 516 cm³/mol. The van der Waals surface area contributed by atoms with Gasteiger partial charge in [0.1, 0.15) is 0 Å². The van der Waals surface area contributed by atoms with Gasteiger partial charge in [-0.15, -0.1) is 0 Å². The highest BCUT2D eigenvalue weighted by Gasteiger charge is 2.21. The van der Waals surface area contributed by atoms with Crippen molar-refractivity contribution in [3.05, 3.63) is 316 Å². The lowest BCUT2D eigenvalue weighted by atomic mass is 9.85. The Bertz CT molecular complexity index is 5340. The van der Waals surface area contributed by atoms with Gasteiger partial charge < -0.3 is 0 Å². The van der Waals surface area contributed by atoms with Crippen molar-refractivity contribution in [3.63, 3.8) is 0 Å². The summed E-state index contributed by atoms with van der Waals surface area (Å²) in [5.41, 5.74) is 27.9. The van der Waals surface area contributed by atoms with Crippen molar-refractivity contribution >= 4 is 0 Å². The van der Waals surface area contributed by atoms with Crippen molar-refractivity contribution < 1.29 is 0 Å². The number of nitrogens with zero attached hydrogens (tertiary/aromatic N) is 9. The van der Waals surface area contributed by atoms with Gasteiger partial charge in [-0.2, -0.15) is 0 Å². The lowest BCUT2D eigenvalue weighted by molar-refractivity contribution is 0.556. The summed E-state index contributed by atoms with van der Waals surface area (Å²) >= 11 is 0. The van der Waals surface area contributed by atoms with E-state index < -0.39 is 0 Å². The standard InChI is InChI=1S/C43H43N3.2C35H43N3/c1-28-9-13-32(14-10-28)39-44-40(33-15-11-29(2)12-16-33)46-41(45-39)36-26-34(30-17-21-37(22-18-30)42(3,4)5)25-35(27-36)31-19-23-38(24-20-31)43(6,7)8;1-5-7-9-11-13-28-23-29(14-12-10-8-6-2)25-32(24-28)35-37-33(30-19-15-26(3)16-20-30)36-34(38-35)31-21-17-27(4)18-22-31;1-4-5-6-7-8-9-10-11-12-13-18-29-21-23-30(24-22-29)33-36-34(31-19-14-16-27(2)25-31)38-35(37-33)32-20-15-17-28(3)26-32/h9-27H,1-8H3;15-25H,5-14H2,1-4H3;14-17,19-26H,4-13,18H2,1-3H3. The van der Waals surface area contributed by atoms with Gasteiger partial charge in [0.05, 0.1) is 0 Å². The number of aromatic nitrogens is 9. The Labute approximate surface area is 730 Å². The van der Waals surface area contributed by atoms with Crippen molar-refractivity contribution in [1.82, 2.24) is 44.9 Å². The second-order valence-corrected chi connectivity index (χ2v) is 35.9. The van der Waals surface area contributed by atoms with Gasteiger partial charge in [0.2, 0.25) is 0 Å². The molecule has 0 unspecified atom stereocenters. The maximum absolute atomic E-state index is 5.09. The van der Waals surface area contributed by atoms with E-state index in [0.717, 1.165) is 115 Å². The molecule has 11 aromatic carbocycles. The van der Waals surface area contributed by atoms with E-state index in [1.54, 1.807) is 0 Å². The molecule has 0 spiro atoms. The van der Waals surface area contributed by atoms with Gasteiger partial charge in [-0.05, 0) is 183 Å². The Balaban J connectivity index is 0.000000169. The Hall–Kier alpha value is -11.6. The molecule has 0 fully saturated rings. The number of hydrogen-bond acceptors (Lipinski definition) is 9. The average molecular weight is 1610 g/mol. The molecule has 0 saturated carbocycles. The first-order chi connectivity index (χ1) is 59.0. The summed E-state index contributed by atoms with van der Waals surface area (Å²) < 4.78 is 0. The number of benzene rings is 11. The van der Waals surface area contributed by atoms with Crippen molar-refractivity contribution in [3.8, 4) is 125 Å². The molecule has 0 bridgehead atoms. The van der Waals surface area contributed by atoms with E-state index >= 15 is 0 Å². The summed E-state index contributed by atoms with van der Waals surface area (Å²) in [5, 5.41) is 0. The highest BCUT2D eigenvalue weighted by Crippen LogP contribution is 2.38. The minimum Gasteiger partial charge on any atom is -0.208 e. The summed E-state index contributed by atoms with van der Waals surface area (Å²) in [7, 11) is 0. The molecular formula is C113H129N9. The zero-order valence-corrected chi connectivity index (χ0v) is 75.6. The molecule has 0 aliphatic rings. The van der Waals surface area contributed by atoms with E-state index in [1.807, 2.05) is 0 Å². The van der Waals surface area contributed by atoms with Gasteiger partial charge >= 0.3 is 0 Å². The molecule has 9 nitrogen and oxygen atoms in total. The van der Waals surface area contributed by atoms with Gasteiger partial charge in [-0.1, -0.05) is 404 Å². The number of unbranched alkanes of at least 4 members (excludes halogenated alkanes) is 15. The Morgan fingerprint density at radius 3 is 0.713 bits per heavy atom. The molecular weight excluding hydrogens is 1480 g/mol. The smallest absolute Gasteiger partial charge is 0.164 e. The molecule has 0 N–H and O–H groups in total. The van der Waals surface area contributed by atoms with Crippen LogP contribution in [-0.4, -0.2) is 44.9 Å².